The zero-order valence-corrected chi connectivity index (χ0v) is 9.66. The number of rotatable bonds is 1. The van der Waals surface area contributed by atoms with Gasteiger partial charge in [0.2, 0.25) is 0 Å². The van der Waals surface area contributed by atoms with Gasteiger partial charge in [0.1, 0.15) is 0 Å². The maximum atomic E-state index is 6.39. The van der Waals surface area contributed by atoms with Crippen molar-refractivity contribution in [2.24, 2.45) is 11.1 Å². The molecule has 1 aromatic rings. The molecule has 2 heteroatoms. The van der Waals surface area contributed by atoms with E-state index in [2.05, 4.69) is 30.8 Å². The van der Waals surface area contributed by atoms with Crippen LogP contribution in [0.4, 0.5) is 0 Å². The van der Waals surface area contributed by atoms with Crippen molar-refractivity contribution in [3.05, 3.63) is 23.5 Å². The molecule has 2 aliphatic rings. The monoisotopic (exact) mass is 204 g/mol. The van der Waals surface area contributed by atoms with Gasteiger partial charge in [-0.2, -0.15) is 0 Å². The van der Waals surface area contributed by atoms with Gasteiger partial charge >= 0.3 is 0 Å². The highest BCUT2D eigenvalue weighted by molar-refractivity contribution is 5.34. The lowest BCUT2D eigenvalue weighted by molar-refractivity contribution is 0.355. The van der Waals surface area contributed by atoms with Crippen molar-refractivity contribution in [3.63, 3.8) is 0 Å². The van der Waals surface area contributed by atoms with Crippen molar-refractivity contribution in [2.75, 3.05) is 0 Å². The van der Waals surface area contributed by atoms with Crippen molar-refractivity contribution in [1.29, 1.82) is 0 Å². The molecule has 1 heterocycles. The Morgan fingerprint density at radius 2 is 2.07 bits per heavy atom. The zero-order valence-electron chi connectivity index (χ0n) is 9.66. The van der Waals surface area contributed by atoms with Gasteiger partial charge < -0.3 is 10.3 Å². The van der Waals surface area contributed by atoms with E-state index in [1.165, 1.54) is 36.8 Å². The Hall–Kier alpha value is -0.760. The molecular formula is C13H20N2. The fraction of sp³-hybridized carbons (Fsp3) is 0.692. The standard InChI is InChI=1S/C13H20N2/c1-9(2)15-7-10-3-4-13(5-6-13)12(14)11(10)8-15/h7-9,12H,3-6,14H2,1-2H3. The van der Waals surface area contributed by atoms with Crippen LogP contribution in [0.15, 0.2) is 12.4 Å². The molecular weight excluding hydrogens is 184 g/mol. The van der Waals surface area contributed by atoms with Crippen LogP contribution in [0.5, 0.6) is 0 Å². The highest BCUT2D eigenvalue weighted by Crippen LogP contribution is 2.59. The summed E-state index contributed by atoms with van der Waals surface area (Å²) in [5, 5.41) is 0. The number of aryl methyl sites for hydroxylation is 1. The van der Waals surface area contributed by atoms with Crippen molar-refractivity contribution in [2.45, 2.75) is 51.6 Å². The maximum Gasteiger partial charge on any atom is 0.0370 e. The fourth-order valence-corrected chi connectivity index (χ4v) is 2.91. The van der Waals surface area contributed by atoms with E-state index < -0.39 is 0 Å². The lowest BCUT2D eigenvalue weighted by atomic mass is 9.80. The first-order chi connectivity index (χ1) is 7.12. The molecule has 1 saturated carbocycles. The Bertz CT molecular complexity index is 385. The minimum Gasteiger partial charge on any atom is -0.351 e. The topological polar surface area (TPSA) is 30.9 Å². The number of hydrogen-bond acceptors (Lipinski definition) is 1. The largest absolute Gasteiger partial charge is 0.351 e. The van der Waals surface area contributed by atoms with E-state index in [0.29, 0.717) is 17.5 Å². The maximum absolute atomic E-state index is 6.39. The van der Waals surface area contributed by atoms with Crippen LogP contribution in [0.3, 0.4) is 0 Å². The smallest absolute Gasteiger partial charge is 0.0370 e. The molecule has 1 spiro atoms. The molecule has 2 nitrogen and oxygen atoms in total. The third-order valence-electron chi connectivity index (χ3n) is 4.34. The van der Waals surface area contributed by atoms with E-state index >= 15 is 0 Å². The Kier molecular flexibility index (Phi) is 1.82. The Morgan fingerprint density at radius 1 is 1.33 bits per heavy atom. The van der Waals surface area contributed by atoms with Gasteiger partial charge in [0, 0.05) is 24.5 Å². The van der Waals surface area contributed by atoms with E-state index in [1.54, 1.807) is 0 Å². The summed E-state index contributed by atoms with van der Waals surface area (Å²) in [6.45, 7) is 4.45. The molecule has 82 valence electrons. The second-order valence-corrected chi connectivity index (χ2v) is 5.62. The van der Waals surface area contributed by atoms with E-state index in [1.807, 2.05) is 0 Å². The SMILES string of the molecule is CC(C)n1cc2c(c1)C(N)C1(CC2)CC1. The van der Waals surface area contributed by atoms with Crippen molar-refractivity contribution in [3.8, 4) is 0 Å². The van der Waals surface area contributed by atoms with Gasteiger partial charge in [-0.25, -0.2) is 0 Å². The number of fused-ring (bicyclic) bond motifs is 1. The van der Waals surface area contributed by atoms with Gasteiger partial charge in [-0.1, -0.05) is 0 Å². The van der Waals surface area contributed by atoms with Crippen LogP contribution in [0, 0.1) is 5.41 Å². The number of nitrogens with zero attached hydrogens (tertiary/aromatic N) is 1. The van der Waals surface area contributed by atoms with Gasteiger partial charge in [-0.05, 0) is 56.1 Å². The minimum atomic E-state index is 0.307. The molecule has 15 heavy (non-hydrogen) atoms. The fourth-order valence-electron chi connectivity index (χ4n) is 2.91. The number of hydrogen-bond donors (Lipinski definition) is 1. The molecule has 2 N–H and O–H groups in total. The summed E-state index contributed by atoms with van der Waals surface area (Å²) in [5.74, 6) is 0. The first-order valence-corrected chi connectivity index (χ1v) is 6.08. The number of nitrogens with two attached hydrogens (primary N) is 1. The second kappa shape index (κ2) is 2.88. The summed E-state index contributed by atoms with van der Waals surface area (Å²) in [6, 6.07) is 0.860. The first kappa shape index (κ1) is 9.46. The molecule has 0 bridgehead atoms. The molecule has 1 atom stereocenters. The van der Waals surface area contributed by atoms with Crippen molar-refractivity contribution in [1.82, 2.24) is 4.57 Å². The third-order valence-corrected chi connectivity index (χ3v) is 4.34. The molecule has 2 aliphatic carbocycles. The van der Waals surface area contributed by atoms with Crippen LogP contribution in [-0.2, 0) is 6.42 Å². The third kappa shape index (κ3) is 1.27. The molecule has 1 fully saturated rings. The van der Waals surface area contributed by atoms with E-state index in [4.69, 9.17) is 5.73 Å². The summed E-state index contributed by atoms with van der Waals surface area (Å²) in [4.78, 5) is 0. The van der Waals surface area contributed by atoms with Crippen LogP contribution in [-0.4, -0.2) is 4.57 Å². The molecule has 1 aromatic heterocycles. The average molecular weight is 204 g/mol. The average Bonchev–Trinajstić information content (AvgIpc) is 2.83. The lowest BCUT2D eigenvalue weighted by Crippen LogP contribution is -2.27. The van der Waals surface area contributed by atoms with Crippen LogP contribution < -0.4 is 5.73 Å². The molecule has 0 aliphatic heterocycles. The summed E-state index contributed by atoms with van der Waals surface area (Å²) in [6.07, 6.45) is 9.83. The summed E-state index contributed by atoms with van der Waals surface area (Å²) < 4.78 is 2.31. The summed E-state index contributed by atoms with van der Waals surface area (Å²) in [5.41, 5.74) is 9.80. The van der Waals surface area contributed by atoms with E-state index in [-0.39, 0.29) is 0 Å². The molecule has 0 aromatic carbocycles. The quantitative estimate of drug-likeness (QED) is 0.749. The number of aromatic nitrogens is 1. The van der Waals surface area contributed by atoms with E-state index in [0.717, 1.165) is 0 Å². The predicted molar refractivity (Wildman–Crippen MR) is 61.7 cm³/mol. The Balaban J connectivity index is 2.00. The summed E-state index contributed by atoms with van der Waals surface area (Å²) in [7, 11) is 0. The highest BCUT2D eigenvalue weighted by atomic mass is 15.0. The predicted octanol–water partition coefficient (Wildman–Crippen LogP) is 2.80. The Labute approximate surface area is 91.5 Å². The summed E-state index contributed by atoms with van der Waals surface area (Å²) >= 11 is 0. The van der Waals surface area contributed by atoms with Crippen molar-refractivity contribution >= 4 is 0 Å². The second-order valence-electron chi connectivity index (χ2n) is 5.62. The first-order valence-electron chi connectivity index (χ1n) is 6.08. The molecule has 0 amide bonds. The van der Waals surface area contributed by atoms with Crippen LogP contribution in [0.2, 0.25) is 0 Å². The zero-order chi connectivity index (χ0) is 10.6. The Morgan fingerprint density at radius 3 is 2.67 bits per heavy atom. The minimum absolute atomic E-state index is 0.307. The lowest BCUT2D eigenvalue weighted by Gasteiger charge is -2.28. The normalized spacial score (nSPS) is 27.1. The van der Waals surface area contributed by atoms with Gasteiger partial charge in [0.05, 0.1) is 0 Å². The van der Waals surface area contributed by atoms with Crippen molar-refractivity contribution < 1.29 is 0 Å². The molecule has 0 radical (unpaired) electrons. The van der Waals surface area contributed by atoms with Gasteiger partial charge in [-0.3, -0.25) is 0 Å². The molecule has 1 unspecified atom stereocenters. The molecule has 3 rings (SSSR count). The van der Waals surface area contributed by atoms with E-state index in [9.17, 15) is 0 Å². The highest BCUT2D eigenvalue weighted by Gasteiger charge is 2.50. The van der Waals surface area contributed by atoms with Gasteiger partial charge in [0.25, 0.3) is 0 Å². The molecule has 0 saturated heterocycles. The van der Waals surface area contributed by atoms with Crippen LogP contribution in [0.1, 0.15) is 56.3 Å². The van der Waals surface area contributed by atoms with Gasteiger partial charge in [-0.15, -0.1) is 0 Å². The van der Waals surface area contributed by atoms with Crippen LogP contribution in [0.25, 0.3) is 0 Å². The van der Waals surface area contributed by atoms with Gasteiger partial charge in [0.15, 0.2) is 0 Å². The van der Waals surface area contributed by atoms with Crippen LogP contribution >= 0.6 is 0 Å².